The molecule has 0 unspecified atom stereocenters. The average Bonchev–Trinajstić information content (AvgIpc) is 2.35. The third-order valence-corrected chi connectivity index (χ3v) is 3.26. The van der Waals surface area contributed by atoms with Gasteiger partial charge in [-0.2, -0.15) is 0 Å². The van der Waals surface area contributed by atoms with Crippen molar-refractivity contribution in [3.05, 3.63) is 65.4 Å². The van der Waals surface area contributed by atoms with E-state index in [0.717, 1.165) is 5.57 Å². The maximum Gasteiger partial charge on any atom is 0.00278 e. The van der Waals surface area contributed by atoms with Gasteiger partial charge >= 0.3 is 0 Å². The second-order valence-corrected chi connectivity index (χ2v) is 5.21. The van der Waals surface area contributed by atoms with Crippen LogP contribution in [0.4, 0.5) is 0 Å². The monoisotopic (exact) mass is 255 g/mol. The van der Waals surface area contributed by atoms with Gasteiger partial charge in [0, 0.05) is 7.05 Å². The van der Waals surface area contributed by atoms with Crippen LogP contribution in [0, 0.1) is 12.8 Å². The largest absolute Gasteiger partial charge is 0.394 e. The van der Waals surface area contributed by atoms with Crippen molar-refractivity contribution in [3.8, 4) is 0 Å². The molecule has 0 aliphatic heterocycles. The van der Waals surface area contributed by atoms with Gasteiger partial charge in [-0.3, -0.25) is 0 Å². The summed E-state index contributed by atoms with van der Waals surface area (Å²) in [6.45, 7) is 12.9. The van der Waals surface area contributed by atoms with Gasteiger partial charge < -0.3 is 5.32 Å². The van der Waals surface area contributed by atoms with Crippen LogP contribution in [0.3, 0.4) is 0 Å². The van der Waals surface area contributed by atoms with Crippen molar-refractivity contribution in [3.63, 3.8) is 0 Å². The van der Waals surface area contributed by atoms with Crippen LogP contribution in [0.15, 0.2) is 54.3 Å². The van der Waals surface area contributed by atoms with E-state index in [1.807, 2.05) is 7.05 Å². The number of rotatable bonds is 5. The van der Waals surface area contributed by atoms with Gasteiger partial charge in [-0.05, 0) is 53.8 Å². The topological polar surface area (TPSA) is 12.0 Å². The molecule has 0 saturated heterocycles. The molecule has 0 aliphatic carbocycles. The summed E-state index contributed by atoms with van der Waals surface area (Å²) < 4.78 is 0. The molecule has 1 nitrogen and oxygen atoms in total. The molecule has 1 heteroatoms. The molecule has 102 valence electrons. The van der Waals surface area contributed by atoms with E-state index in [1.165, 1.54) is 22.3 Å². The zero-order valence-electron chi connectivity index (χ0n) is 12.7. The van der Waals surface area contributed by atoms with E-state index in [9.17, 15) is 0 Å². The van der Waals surface area contributed by atoms with E-state index in [4.69, 9.17) is 0 Å². The van der Waals surface area contributed by atoms with Crippen molar-refractivity contribution in [1.82, 2.24) is 5.32 Å². The van der Waals surface area contributed by atoms with Crippen LogP contribution < -0.4 is 5.32 Å². The highest BCUT2D eigenvalue weighted by atomic mass is 14.8. The number of hydrogen-bond acceptors (Lipinski definition) is 1. The minimum atomic E-state index is 0.494. The molecule has 0 atom stereocenters. The average molecular weight is 255 g/mol. The molecule has 0 aromatic heterocycles. The van der Waals surface area contributed by atoms with Crippen LogP contribution >= 0.6 is 0 Å². The number of hydrogen-bond donors (Lipinski definition) is 1. The molecule has 0 spiro atoms. The van der Waals surface area contributed by atoms with E-state index in [2.05, 4.69) is 76.1 Å². The van der Waals surface area contributed by atoms with E-state index >= 15 is 0 Å². The van der Waals surface area contributed by atoms with Crippen molar-refractivity contribution in [2.24, 2.45) is 5.92 Å². The quantitative estimate of drug-likeness (QED) is 0.751. The Kier molecular flexibility index (Phi) is 5.62. The molecule has 19 heavy (non-hydrogen) atoms. The minimum absolute atomic E-state index is 0.494. The first-order valence-corrected chi connectivity index (χ1v) is 6.78. The fourth-order valence-corrected chi connectivity index (χ4v) is 2.25. The highest BCUT2D eigenvalue weighted by Crippen LogP contribution is 2.24. The summed E-state index contributed by atoms with van der Waals surface area (Å²) in [6, 6.07) is 8.36. The molecule has 1 rings (SSSR count). The van der Waals surface area contributed by atoms with Gasteiger partial charge in [0.25, 0.3) is 0 Å². The number of allylic oxidation sites excluding steroid dienone is 4. The lowest BCUT2D eigenvalue weighted by atomic mass is 9.93. The Bertz CT molecular complexity index is 504. The first kappa shape index (κ1) is 15.3. The van der Waals surface area contributed by atoms with Crippen molar-refractivity contribution >= 4 is 5.57 Å². The molecule has 1 aromatic rings. The van der Waals surface area contributed by atoms with Crippen molar-refractivity contribution in [2.75, 3.05) is 7.05 Å². The predicted octanol–water partition coefficient (Wildman–Crippen LogP) is 4.71. The lowest BCUT2D eigenvalue weighted by Crippen LogP contribution is -2.03. The zero-order valence-corrected chi connectivity index (χ0v) is 12.7. The van der Waals surface area contributed by atoms with E-state index in [-0.39, 0.29) is 0 Å². The lowest BCUT2D eigenvalue weighted by Gasteiger charge is -2.14. The van der Waals surface area contributed by atoms with Crippen LogP contribution in [0.2, 0.25) is 0 Å². The van der Waals surface area contributed by atoms with Crippen LogP contribution in [0.5, 0.6) is 0 Å². The Morgan fingerprint density at radius 1 is 1.26 bits per heavy atom. The normalized spacial score (nSPS) is 12.7. The second kappa shape index (κ2) is 6.98. The Morgan fingerprint density at radius 3 is 2.42 bits per heavy atom. The molecule has 0 aliphatic rings. The summed E-state index contributed by atoms with van der Waals surface area (Å²) in [5.41, 5.74) is 6.13. The van der Waals surface area contributed by atoms with Gasteiger partial charge in [-0.25, -0.2) is 0 Å². The SMILES string of the molecule is C=C(/C=C(C)\C(=C/NC)C(C)C)c1ccccc1C. The summed E-state index contributed by atoms with van der Waals surface area (Å²) in [5, 5.41) is 3.12. The van der Waals surface area contributed by atoms with Gasteiger partial charge in [0.05, 0.1) is 0 Å². The van der Waals surface area contributed by atoms with E-state index in [1.54, 1.807) is 0 Å². The first-order chi connectivity index (χ1) is 8.97. The molecular formula is C18H25N. The Morgan fingerprint density at radius 2 is 1.89 bits per heavy atom. The summed E-state index contributed by atoms with van der Waals surface area (Å²) in [4.78, 5) is 0. The van der Waals surface area contributed by atoms with Gasteiger partial charge in [-0.1, -0.05) is 50.8 Å². The predicted molar refractivity (Wildman–Crippen MR) is 86.0 cm³/mol. The molecule has 0 radical (unpaired) electrons. The van der Waals surface area contributed by atoms with E-state index in [0.29, 0.717) is 5.92 Å². The summed E-state index contributed by atoms with van der Waals surface area (Å²) in [5.74, 6) is 0.494. The fourth-order valence-electron chi connectivity index (χ4n) is 2.25. The van der Waals surface area contributed by atoms with Gasteiger partial charge in [0.15, 0.2) is 0 Å². The number of benzene rings is 1. The minimum Gasteiger partial charge on any atom is -0.394 e. The van der Waals surface area contributed by atoms with E-state index < -0.39 is 0 Å². The highest BCUT2D eigenvalue weighted by Gasteiger charge is 2.07. The first-order valence-electron chi connectivity index (χ1n) is 6.78. The Labute approximate surface area is 117 Å². The standard InChI is InChI=1S/C18H25N/c1-13(2)18(12-19-6)16(5)11-15(4)17-10-8-7-9-14(17)3/h7-13,19H,4H2,1-3,5-6H3/b16-11-,18-12-. The molecule has 0 amide bonds. The van der Waals surface area contributed by atoms with Crippen molar-refractivity contribution < 1.29 is 0 Å². The van der Waals surface area contributed by atoms with Crippen LogP contribution in [-0.2, 0) is 0 Å². The zero-order chi connectivity index (χ0) is 14.4. The fraction of sp³-hybridized carbons (Fsp3) is 0.333. The molecule has 0 saturated carbocycles. The van der Waals surface area contributed by atoms with Gasteiger partial charge in [0.2, 0.25) is 0 Å². The third kappa shape index (κ3) is 4.13. The Hall–Kier alpha value is -1.76. The van der Waals surface area contributed by atoms with Crippen molar-refractivity contribution in [1.29, 1.82) is 0 Å². The van der Waals surface area contributed by atoms with Crippen LogP contribution in [0.1, 0.15) is 31.9 Å². The molecule has 1 N–H and O–H groups in total. The molecule has 0 fully saturated rings. The summed E-state index contributed by atoms with van der Waals surface area (Å²) in [7, 11) is 1.94. The number of nitrogens with one attached hydrogen (secondary N) is 1. The highest BCUT2D eigenvalue weighted by molar-refractivity contribution is 5.75. The van der Waals surface area contributed by atoms with Gasteiger partial charge in [0.1, 0.15) is 0 Å². The molecule has 0 bridgehead atoms. The molecular weight excluding hydrogens is 230 g/mol. The summed E-state index contributed by atoms with van der Waals surface area (Å²) >= 11 is 0. The summed E-state index contributed by atoms with van der Waals surface area (Å²) in [6.07, 6.45) is 4.24. The lowest BCUT2D eigenvalue weighted by molar-refractivity contribution is 0.766. The Balaban J connectivity index is 3.05. The maximum absolute atomic E-state index is 4.20. The second-order valence-electron chi connectivity index (χ2n) is 5.21. The molecule has 1 aromatic carbocycles. The van der Waals surface area contributed by atoms with Crippen LogP contribution in [-0.4, -0.2) is 7.05 Å². The van der Waals surface area contributed by atoms with Gasteiger partial charge in [-0.15, -0.1) is 0 Å². The maximum atomic E-state index is 4.20. The number of aryl methyl sites for hydroxylation is 1. The smallest absolute Gasteiger partial charge is 0.00278 e. The third-order valence-electron chi connectivity index (χ3n) is 3.26. The van der Waals surface area contributed by atoms with Crippen LogP contribution in [0.25, 0.3) is 5.57 Å². The van der Waals surface area contributed by atoms with Crippen molar-refractivity contribution in [2.45, 2.75) is 27.7 Å². The molecule has 0 heterocycles.